The first kappa shape index (κ1) is 18.4. The SMILES string of the molecule is CCN(CC)C(=O)COC(=O)c1ccccc1CN1C(=O)CNC1=O. The molecule has 8 nitrogen and oxygen atoms in total. The Labute approximate surface area is 145 Å². The summed E-state index contributed by atoms with van der Waals surface area (Å²) in [6.07, 6.45) is 0. The van der Waals surface area contributed by atoms with Crippen molar-refractivity contribution in [3.8, 4) is 0 Å². The third kappa shape index (κ3) is 4.34. The molecule has 1 aromatic rings. The van der Waals surface area contributed by atoms with E-state index in [2.05, 4.69) is 5.32 Å². The fourth-order valence-corrected chi connectivity index (χ4v) is 2.52. The highest BCUT2D eigenvalue weighted by atomic mass is 16.5. The van der Waals surface area contributed by atoms with Crippen molar-refractivity contribution in [3.63, 3.8) is 0 Å². The summed E-state index contributed by atoms with van der Waals surface area (Å²) in [5, 5.41) is 2.42. The number of urea groups is 1. The summed E-state index contributed by atoms with van der Waals surface area (Å²) >= 11 is 0. The lowest BCUT2D eigenvalue weighted by Crippen LogP contribution is -2.34. The van der Waals surface area contributed by atoms with Crippen molar-refractivity contribution in [2.24, 2.45) is 0 Å². The van der Waals surface area contributed by atoms with Gasteiger partial charge in [0.15, 0.2) is 6.61 Å². The van der Waals surface area contributed by atoms with Crippen molar-refractivity contribution in [1.29, 1.82) is 0 Å². The lowest BCUT2D eigenvalue weighted by Gasteiger charge is -2.19. The first-order valence-corrected chi connectivity index (χ1v) is 8.08. The second-order valence-corrected chi connectivity index (χ2v) is 5.44. The maximum atomic E-state index is 12.3. The van der Waals surface area contributed by atoms with E-state index in [1.807, 2.05) is 13.8 Å². The average molecular weight is 347 g/mol. The third-order valence-electron chi connectivity index (χ3n) is 3.95. The molecule has 1 saturated heterocycles. The van der Waals surface area contributed by atoms with Gasteiger partial charge in [0.1, 0.15) is 0 Å². The maximum absolute atomic E-state index is 12.3. The number of carbonyl (C=O) groups is 4. The fraction of sp³-hybridized carbons (Fsp3) is 0.412. The highest BCUT2D eigenvalue weighted by Gasteiger charge is 2.29. The van der Waals surface area contributed by atoms with E-state index in [4.69, 9.17) is 4.74 Å². The van der Waals surface area contributed by atoms with Crippen molar-refractivity contribution >= 4 is 23.8 Å². The number of hydrogen-bond acceptors (Lipinski definition) is 5. The Morgan fingerprint density at radius 3 is 2.48 bits per heavy atom. The molecule has 0 aliphatic carbocycles. The Morgan fingerprint density at radius 1 is 1.20 bits per heavy atom. The van der Waals surface area contributed by atoms with Gasteiger partial charge in [0, 0.05) is 13.1 Å². The molecule has 0 radical (unpaired) electrons. The molecule has 134 valence electrons. The van der Waals surface area contributed by atoms with Crippen LogP contribution in [0.15, 0.2) is 24.3 Å². The van der Waals surface area contributed by atoms with Crippen LogP contribution >= 0.6 is 0 Å². The summed E-state index contributed by atoms with van der Waals surface area (Å²) < 4.78 is 5.10. The Morgan fingerprint density at radius 2 is 1.88 bits per heavy atom. The average Bonchev–Trinajstić information content (AvgIpc) is 2.93. The van der Waals surface area contributed by atoms with Gasteiger partial charge in [-0.3, -0.25) is 14.5 Å². The molecule has 0 spiro atoms. The third-order valence-corrected chi connectivity index (χ3v) is 3.95. The molecule has 1 fully saturated rings. The van der Waals surface area contributed by atoms with E-state index >= 15 is 0 Å². The molecule has 2 rings (SSSR count). The Kier molecular flexibility index (Phi) is 6.10. The molecule has 8 heteroatoms. The van der Waals surface area contributed by atoms with Gasteiger partial charge in [0.05, 0.1) is 18.7 Å². The van der Waals surface area contributed by atoms with Gasteiger partial charge >= 0.3 is 12.0 Å². The van der Waals surface area contributed by atoms with Crippen molar-refractivity contribution in [3.05, 3.63) is 35.4 Å². The Balaban J connectivity index is 2.06. The summed E-state index contributed by atoms with van der Waals surface area (Å²) in [5.41, 5.74) is 0.704. The molecule has 0 saturated carbocycles. The maximum Gasteiger partial charge on any atom is 0.338 e. The van der Waals surface area contributed by atoms with Crippen LogP contribution in [0.5, 0.6) is 0 Å². The lowest BCUT2D eigenvalue weighted by molar-refractivity contribution is -0.134. The molecule has 1 aliphatic heterocycles. The van der Waals surface area contributed by atoms with Crippen LogP contribution in [0, 0.1) is 0 Å². The number of hydrogen-bond donors (Lipinski definition) is 1. The van der Waals surface area contributed by atoms with Gasteiger partial charge < -0.3 is 15.0 Å². The number of likely N-dealkylation sites (N-methyl/N-ethyl adjacent to an activating group) is 1. The van der Waals surface area contributed by atoms with Crippen LogP contribution in [0.4, 0.5) is 4.79 Å². The van der Waals surface area contributed by atoms with Gasteiger partial charge in [0.2, 0.25) is 5.91 Å². The topological polar surface area (TPSA) is 96.0 Å². The zero-order valence-corrected chi connectivity index (χ0v) is 14.3. The predicted octanol–water partition coefficient (Wildman–Crippen LogP) is 0.764. The van der Waals surface area contributed by atoms with Crippen LogP contribution in [0.3, 0.4) is 0 Å². The smallest absolute Gasteiger partial charge is 0.338 e. The second kappa shape index (κ2) is 8.27. The summed E-state index contributed by atoms with van der Waals surface area (Å²) in [4.78, 5) is 50.2. The number of benzene rings is 1. The van der Waals surface area contributed by atoms with E-state index in [1.54, 1.807) is 23.1 Å². The Hall–Kier alpha value is -2.90. The zero-order valence-electron chi connectivity index (χ0n) is 14.3. The van der Waals surface area contributed by atoms with Crippen LogP contribution in [0.25, 0.3) is 0 Å². The number of nitrogens with one attached hydrogen (secondary N) is 1. The first-order chi connectivity index (χ1) is 12.0. The number of carbonyl (C=O) groups excluding carboxylic acids is 4. The summed E-state index contributed by atoms with van der Waals surface area (Å²) in [7, 11) is 0. The number of ether oxygens (including phenoxy) is 1. The van der Waals surface area contributed by atoms with Gasteiger partial charge in [-0.25, -0.2) is 9.59 Å². The lowest BCUT2D eigenvalue weighted by atomic mass is 10.1. The zero-order chi connectivity index (χ0) is 18.4. The molecular formula is C17H21N3O5. The van der Waals surface area contributed by atoms with Crippen LogP contribution in [-0.4, -0.2) is 59.9 Å². The summed E-state index contributed by atoms with van der Waals surface area (Å²) in [5.74, 6) is -1.29. The van der Waals surface area contributed by atoms with Gasteiger partial charge in [-0.1, -0.05) is 18.2 Å². The molecule has 0 bridgehead atoms. The quantitative estimate of drug-likeness (QED) is 0.580. The number of esters is 1. The number of nitrogens with zero attached hydrogens (tertiary/aromatic N) is 2. The summed E-state index contributed by atoms with van der Waals surface area (Å²) in [6.45, 7) is 4.33. The second-order valence-electron chi connectivity index (χ2n) is 5.44. The fourth-order valence-electron chi connectivity index (χ4n) is 2.52. The van der Waals surface area contributed by atoms with Crippen molar-refractivity contribution in [2.45, 2.75) is 20.4 Å². The minimum Gasteiger partial charge on any atom is -0.452 e. The van der Waals surface area contributed by atoms with Gasteiger partial charge in [-0.15, -0.1) is 0 Å². The highest BCUT2D eigenvalue weighted by molar-refractivity contribution is 6.02. The number of amides is 4. The Bertz CT molecular complexity index is 669. The molecule has 0 aromatic heterocycles. The first-order valence-electron chi connectivity index (χ1n) is 8.08. The number of imide groups is 1. The normalized spacial score (nSPS) is 13.6. The van der Waals surface area contributed by atoms with Crippen molar-refractivity contribution < 1.29 is 23.9 Å². The van der Waals surface area contributed by atoms with E-state index < -0.39 is 12.0 Å². The van der Waals surface area contributed by atoms with E-state index in [0.717, 1.165) is 4.90 Å². The van der Waals surface area contributed by atoms with Crippen molar-refractivity contribution in [2.75, 3.05) is 26.2 Å². The van der Waals surface area contributed by atoms with Crippen LogP contribution in [0.2, 0.25) is 0 Å². The van der Waals surface area contributed by atoms with Crippen LogP contribution in [0.1, 0.15) is 29.8 Å². The van der Waals surface area contributed by atoms with Gasteiger partial charge in [-0.2, -0.15) is 0 Å². The van der Waals surface area contributed by atoms with Crippen LogP contribution < -0.4 is 5.32 Å². The van der Waals surface area contributed by atoms with E-state index in [9.17, 15) is 19.2 Å². The standard InChI is InChI=1S/C17H21N3O5/c1-3-19(4-2)15(22)11-25-16(23)13-8-6-5-7-12(13)10-20-14(21)9-18-17(20)24/h5-8H,3-4,9-11H2,1-2H3,(H,18,24). The largest absolute Gasteiger partial charge is 0.452 e. The molecule has 0 unspecified atom stereocenters. The van der Waals surface area contributed by atoms with E-state index in [1.165, 1.54) is 6.07 Å². The molecule has 1 aliphatic rings. The molecule has 0 atom stereocenters. The van der Waals surface area contributed by atoms with Crippen molar-refractivity contribution in [1.82, 2.24) is 15.1 Å². The minimum atomic E-state index is -0.664. The molecular weight excluding hydrogens is 326 g/mol. The monoisotopic (exact) mass is 347 g/mol. The van der Waals surface area contributed by atoms with Gasteiger partial charge in [-0.05, 0) is 25.5 Å². The molecule has 1 heterocycles. The van der Waals surface area contributed by atoms with E-state index in [0.29, 0.717) is 18.7 Å². The highest BCUT2D eigenvalue weighted by Crippen LogP contribution is 2.15. The predicted molar refractivity (Wildman–Crippen MR) is 88.6 cm³/mol. The van der Waals surface area contributed by atoms with Crippen LogP contribution in [-0.2, 0) is 20.9 Å². The van der Waals surface area contributed by atoms with E-state index in [-0.39, 0.29) is 37.1 Å². The number of rotatable bonds is 7. The molecule has 1 aromatic carbocycles. The molecule has 1 N–H and O–H groups in total. The van der Waals surface area contributed by atoms with Gasteiger partial charge in [0.25, 0.3) is 5.91 Å². The molecule has 4 amide bonds. The summed E-state index contributed by atoms with van der Waals surface area (Å²) in [6, 6.07) is 6.04. The minimum absolute atomic E-state index is 0.0278. The molecule has 25 heavy (non-hydrogen) atoms.